The van der Waals surface area contributed by atoms with Crippen molar-refractivity contribution < 1.29 is 46.8 Å². The van der Waals surface area contributed by atoms with Crippen LogP contribution in [-0.2, 0) is 15.8 Å². The number of fused-ring (bicyclic) bond motifs is 2. The van der Waals surface area contributed by atoms with Gasteiger partial charge in [0, 0.05) is 41.4 Å². The van der Waals surface area contributed by atoms with Gasteiger partial charge in [0.1, 0.15) is 40.5 Å². The molecule has 252 valence electrons. The van der Waals surface area contributed by atoms with Crippen LogP contribution in [-0.4, -0.2) is 70.6 Å². The molecule has 48 heavy (non-hydrogen) atoms. The van der Waals surface area contributed by atoms with Crippen molar-refractivity contribution in [2.75, 3.05) is 26.3 Å². The minimum atomic E-state index is -5.37. The highest BCUT2D eigenvalue weighted by Gasteiger charge is 2.58. The highest BCUT2D eigenvalue weighted by Crippen LogP contribution is 2.48. The van der Waals surface area contributed by atoms with E-state index in [9.17, 15) is 32.3 Å². The van der Waals surface area contributed by atoms with Crippen molar-refractivity contribution in [2.24, 2.45) is 0 Å². The highest BCUT2D eigenvalue weighted by molar-refractivity contribution is 6.00. The number of hydrogen-bond donors (Lipinski definition) is 4. The van der Waals surface area contributed by atoms with Gasteiger partial charge >= 0.3 is 6.18 Å². The molecule has 1 saturated carbocycles. The number of hydrogen-bond acceptors (Lipinski definition) is 8. The summed E-state index contributed by atoms with van der Waals surface area (Å²) in [5.41, 5.74) is -5.67. The van der Waals surface area contributed by atoms with E-state index in [0.29, 0.717) is 16.7 Å². The van der Waals surface area contributed by atoms with E-state index in [1.54, 1.807) is 18.3 Å². The van der Waals surface area contributed by atoms with E-state index in [1.807, 2.05) is 0 Å². The molecule has 4 aromatic rings. The summed E-state index contributed by atoms with van der Waals surface area (Å²) in [4.78, 5) is 35.2. The molecule has 0 saturated heterocycles. The zero-order valence-electron chi connectivity index (χ0n) is 25.7. The zero-order chi connectivity index (χ0) is 34.3. The van der Waals surface area contributed by atoms with Crippen molar-refractivity contribution in [3.8, 4) is 22.8 Å². The smallest absolute Gasteiger partial charge is 0.424 e. The summed E-state index contributed by atoms with van der Waals surface area (Å²) < 4.78 is 70.3. The third kappa shape index (κ3) is 6.24. The molecule has 10 nitrogen and oxygen atoms in total. The third-order valence-corrected chi connectivity index (χ3v) is 8.46. The molecule has 1 aliphatic carbocycles. The maximum atomic E-state index is 14.9. The fourth-order valence-electron chi connectivity index (χ4n) is 5.45. The zero-order valence-corrected chi connectivity index (χ0v) is 25.7. The molecule has 3 heterocycles. The second kappa shape index (κ2) is 12.7. The molecule has 0 radical (unpaired) electrons. The van der Waals surface area contributed by atoms with Crippen LogP contribution < -0.4 is 20.1 Å². The lowest BCUT2D eigenvalue weighted by Crippen LogP contribution is -2.52. The van der Waals surface area contributed by atoms with Gasteiger partial charge in [-0.3, -0.25) is 14.6 Å². The van der Waals surface area contributed by atoms with Crippen LogP contribution in [0.3, 0.4) is 0 Å². The molecule has 2 amide bonds. The van der Waals surface area contributed by atoms with Crippen LogP contribution in [0.1, 0.15) is 47.8 Å². The van der Waals surface area contributed by atoms with E-state index in [-0.39, 0.29) is 60.4 Å². The van der Waals surface area contributed by atoms with Crippen LogP contribution in [0.5, 0.6) is 11.5 Å². The molecule has 0 spiro atoms. The Morgan fingerprint density at radius 3 is 2.54 bits per heavy atom. The molecule has 2 atom stereocenters. The predicted molar refractivity (Wildman–Crippen MR) is 165 cm³/mol. The maximum absolute atomic E-state index is 14.9. The Morgan fingerprint density at radius 1 is 1.10 bits per heavy atom. The first-order valence-corrected chi connectivity index (χ1v) is 15.3. The summed E-state index contributed by atoms with van der Waals surface area (Å²) in [7, 11) is 0. The summed E-state index contributed by atoms with van der Waals surface area (Å²) >= 11 is 0. The molecule has 2 aliphatic rings. The summed E-state index contributed by atoms with van der Waals surface area (Å²) in [5, 5.41) is 25.9. The van der Waals surface area contributed by atoms with Gasteiger partial charge in [-0.1, -0.05) is 6.07 Å². The molecule has 4 N–H and O–H groups in total. The Hall–Kier alpha value is -4.82. The van der Waals surface area contributed by atoms with Crippen molar-refractivity contribution >= 4 is 22.7 Å². The van der Waals surface area contributed by atoms with E-state index in [0.717, 1.165) is 31.0 Å². The van der Waals surface area contributed by atoms with E-state index in [2.05, 4.69) is 20.6 Å². The lowest BCUT2D eigenvalue weighted by atomic mass is 9.81. The fourth-order valence-corrected chi connectivity index (χ4v) is 5.45. The monoisotopic (exact) mass is 668 g/mol. The number of nitrogens with zero attached hydrogens (tertiary/aromatic N) is 2. The highest BCUT2D eigenvalue weighted by atomic mass is 19.4. The van der Waals surface area contributed by atoms with Gasteiger partial charge in [-0.25, -0.2) is 9.37 Å². The van der Waals surface area contributed by atoms with Gasteiger partial charge in [0.05, 0.1) is 18.3 Å². The number of rotatable bonds is 11. The molecule has 1 unspecified atom stereocenters. The Balaban J connectivity index is 1.39. The summed E-state index contributed by atoms with van der Waals surface area (Å²) in [6.45, 7) is -0.235. The van der Waals surface area contributed by atoms with Crippen molar-refractivity contribution in [3.63, 3.8) is 0 Å². The number of carbonyl (C=O) groups is 2. The second-order valence-electron chi connectivity index (χ2n) is 12.1. The van der Waals surface area contributed by atoms with E-state index < -0.39 is 47.1 Å². The molecule has 2 aromatic carbocycles. The molecular formula is C34H32F4N4O6. The predicted octanol–water partition coefficient (Wildman–Crippen LogP) is 4.31. The van der Waals surface area contributed by atoms with E-state index in [1.165, 1.54) is 31.2 Å². The minimum absolute atomic E-state index is 0.00576. The number of nitrogens with one attached hydrogen (secondary N) is 2. The lowest BCUT2D eigenvalue weighted by molar-refractivity contribution is -0.265. The van der Waals surface area contributed by atoms with Crippen LogP contribution in [0.2, 0.25) is 0 Å². The largest absolute Gasteiger partial charge is 0.489 e. The second-order valence-corrected chi connectivity index (χ2v) is 12.1. The Labute approximate surface area is 272 Å². The van der Waals surface area contributed by atoms with Crippen LogP contribution in [0.4, 0.5) is 17.6 Å². The number of carbonyl (C=O) groups excluding carboxylic acids is 2. The number of benzene rings is 2. The first kappa shape index (κ1) is 33.1. The normalized spacial score (nSPS) is 18.5. The molecule has 1 aliphatic heterocycles. The fraction of sp³-hybridized carbons (Fsp3) is 0.353. The average molecular weight is 669 g/mol. The number of aromatic nitrogens is 2. The van der Waals surface area contributed by atoms with Gasteiger partial charge < -0.3 is 30.3 Å². The van der Waals surface area contributed by atoms with Gasteiger partial charge in [0.2, 0.25) is 11.5 Å². The first-order chi connectivity index (χ1) is 22.8. The lowest BCUT2D eigenvalue weighted by Gasteiger charge is -2.31. The molecule has 14 heteroatoms. The quantitative estimate of drug-likeness (QED) is 0.137. The van der Waals surface area contributed by atoms with Crippen LogP contribution in [0, 0.1) is 5.82 Å². The number of amides is 2. The van der Waals surface area contributed by atoms with E-state index in [4.69, 9.17) is 14.6 Å². The molecule has 0 bridgehead atoms. The Bertz CT molecular complexity index is 1870. The number of halogens is 4. The molecular weight excluding hydrogens is 636 g/mol. The van der Waals surface area contributed by atoms with Gasteiger partial charge in [-0.2, -0.15) is 13.2 Å². The van der Waals surface area contributed by atoms with Crippen molar-refractivity contribution in [1.29, 1.82) is 0 Å². The van der Waals surface area contributed by atoms with Gasteiger partial charge in [-0.05, 0) is 74.7 Å². The molecule has 6 rings (SSSR count). The Kier molecular flexibility index (Phi) is 8.73. The van der Waals surface area contributed by atoms with Crippen molar-refractivity contribution in [2.45, 2.75) is 49.5 Å². The van der Waals surface area contributed by atoms with Crippen molar-refractivity contribution in [3.05, 3.63) is 83.4 Å². The van der Waals surface area contributed by atoms with Gasteiger partial charge in [-0.15, -0.1) is 0 Å². The Morgan fingerprint density at radius 2 is 1.85 bits per heavy atom. The van der Waals surface area contributed by atoms with Crippen LogP contribution in [0.25, 0.3) is 22.2 Å². The minimum Gasteiger partial charge on any atom is -0.489 e. The van der Waals surface area contributed by atoms with Crippen LogP contribution >= 0.6 is 0 Å². The molecule has 2 aromatic heterocycles. The number of pyridine rings is 2. The summed E-state index contributed by atoms with van der Waals surface area (Å²) in [6, 6.07) is 11.9. The number of aliphatic hydroxyl groups excluding tert-OH is 1. The number of alkyl halides is 3. The van der Waals surface area contributed by atoms with Crippen molar-refractivity contribution in [1.82, 2.24) is 20.6 Å². The van der Waals surface area contributed by atoms with Gasteiger partial charge in [0.15, 0.2) is 0 Å². The summed E-state index contributed by atoms with van der Waals surface area (Å²) in [6.07, 6.45) is -1.96. The maximum Gasteiger partial charge on any atom is 0.424 e. The SMILES string of the molecule is C[C@]1(C(=O)NCCCO)COc2c1cc(C(O)(CNC(=O)c1cc(OC3CC3)c3ncccc3c1)C(F)(F)F)nc2-c1ccc(F)cc1. The average Bonchev–Trinajstić information content (AvgIpc) is 3.82. The third-order valence-electron chi connectivity index (χ3n) is 8.46. The summed E-state index contributed by atoms with van der Waals surface area (Å²) in [5.74, 6) is -1.80. The van der Waals surface area contributed by atoms with Crippen LogP contribution in [0.15, 0.2) is 60.8 Å². The molecule has 1 fully saturated rings. The van der Waals surface area contributed by atoms with E-state index >= 15 is 0 Å². The standard InChI is InChI=1S/C34H32F4N4O6/c1-32(31(45)40-12-3-13-43)18-47-29-24(32)16-26(42-28(29)19-5-7-22(35)8-6-19)33(46,34(36,37)38)17-41-30(44)21-14-20-4-2-11-39-27(20)25(15-21)48-23-9-10-23/h2,4-8,11,14-16,23,43,46H,3,9-10,12-13,17-18H2,1H3,(H,40,45)(H,41,44)/t32-,33?/m0/s1. The number of aliphatic hydroxyl groups is 2. The van der Waals surface area contributed by atoms with Gasteiger partial charge in [0.25, 0.3) is 5.91 Å². The topological polar surface area (TPSA) is 143 Å². The first-order valence-electron chi connectivity index (χ1n) is 15.3. The number of ether oxygens (including phenoxy) is 2.